The number of ether oxygens (including phenoxy) is 1. The second kappa shape index (κ2) is 4.85. The summed E-state index contributed by atoms with van der Waals surface area (Å²) in [5.41, 5.74) is 4.50. The Hall–Kier alpha value is -2.42. The Kier molecular flexibility index (Phi) is 2.85. The second-order valence-corrected chi connectivity index (χ2v) is 5.45. The summed E-state index contributed by atoms with van der Waals surface area (Å²) in [6, 6.07) is 14.7. The lowest BCUT2D eigenvalue weighted by Gasteiger charge is -2.23. The highest BCUT2D eigenvalue weighted by molar-refractivity contribution is 5.82. The minimum absolute atomic E-state index is 0.821. The third-order valence-corrected chi connectivity index (χ3v) is 4.11. The predicted octanol–water partition coefficient (Wildman–Crippen LogP) is 4.53. The molecule has 1 aliphatic rings. The zero-order valence-electron chi connectivity index (χ0n) is 12.0. The van der Waals surface area contributed by atoms with Gasteiger partial charge >= 0.3 is 0 Å². The predicted molar refractivity (Wildman–Crippen MR) is 84.5 cm³/mol. The summed E-state index contributed by atoms with van der Waals surface area (Å²) in [7, 11) is 2.08. The van der Waals surface area contributed by atoms with E-state index in [1.165, 1.54) is 5.56 Å². The van der Waals surface area contributed by atoms with Gasteiger partial charge in [0.25, 0.3) is 0 Å². The van der Waals surface area contributed by atoms with Crippen molar-refractivity contribution in [3.8, 4) is 5.75 Å². The van der Waals surface area contributed by atoms with Crippen LogP contribution in [0.5, 0.6) is 5.75 Å². The number of anilines is 2. The van der Waals surface area contributed by atoms with Crippen molar-refractivity contribution in [1.82, 2.24) is 0 Å². The normalized spacial score (nSPS) is 13.8. The highest BCUT2D eigenvalue weighted by Gasteiger charge is 2.13. The van der Waals surface area contributed by atoms with Gasteiger partial charge in [-0.2, -0.15) is 0 Å². The molecule has 0 radical (unpaired) electrons. The molecule has 0 fully saturated rings. The molecule has 0 saturated heterocycles. The van der Waals surface area contributed by atoms with E-state index in [2.05, 4.69) is 42.3 Å². The fourth-order valence-electron chi connectivity index (χ4n) is 2.85. The van der Waals surface area contributed by atoms with Gasteiger partial charge in [0.2, 0.25) is 0 Å². The van der Waals surface area contributed by atoms with Gasteiger partial charge in [-0.3, -0.25) is 0 Å². The van der Waals surface area contributed by atoms with E-state index in [9.17, 15) is 0 Å². The van der Waals surface area contributed by atoms with Gasteiger partial charge in [0.15, 0.2) is 0 Å². The van der Waals surface area contributed by atoms with E-state index in [0.717, 1.165) is 47.5 Å². The molecule has 21 heavy (non-hydrogen) atoms. The first-order valence-corrected chi connectivity index (χ1v) is 7.28. The van der Waals surface area contributed by atoms with Crippen LogP contribution in [0.2, 0.25) is 0 Å². The molecule has 2 heterocycles. The van der Waals surface area contributed by atoms with Crippen LogP contribution in [0.4, 0.5) is 11.4 Å². The minimum atomic E-state index is 0.821. The maximum Gasteiger partial charge on any atom is 0.133 e. The van der Waals surface area contributed by atoms with Gasteiger partial charge in [-0.25, -0.2) is 0 Å². The number of hydrogen-bond donors (Lipinski definition) is 0. The number of rotatable bonds is 2. The smallest absolute Gasteiger partial charge is 0.133 e. The lowest BCUT2D eigenvalue weighted by atomic mass is 10.1. The maximum atomic E-state index is 5.77. The van der Waals surface area contributed by atoms with Crippen LogP contribution in [0, 0.1) is 0 Å². The van der Waals surface area contributed by atoms with E-state index in [0.29, 0.717) is 0 Å². The first kappa shape index (κ1) is 12.3. The average molecular weight is 279 g/mol. The van der Waals surface area contributed by atoms with Crippen LogP contribution < -0.4 is 9.64 Å². The molecule has 0 aliphatic carbocycles. The molecule has 3 aromatic rings. The second-order valence-electron chi connectivity index (χ2n) is 5.45. The number of benzene rings is 2. The summed E-state index contributed by atoms with van der Waals surface area (Å²) in [5.74, 6) is 1.02. The van der Waals surface area contributed by atoms with E-state index in [4.69, 9.17) is 9.15 Å². The van der Waals surface area contributed by atoms with Gasteiger partial charge in [0.1, 0.15) is 11.3 Å². The largest absolute Gasteiger partial charge is 0.493 e. The highest BCUT2D eigenvalue weighted by Crippen LogP contribution is 2.33. The highest BCUT2D eigenvalue weighted by atomic mass is 16.5. The molecule has 4 rings (SSSR count). The summed E-state index contributed by atoms with van der Waals surface area (Å²) in [5, 5.41) is 1.12. The Balaban J connectivity index is 1.71. The van der Waals surface area contributed by atoms with E-state index in [-0.39, 0.29) is 0 Å². The maximum absolute atomic E-state index is 5.77. The molecule has 0 spiro atoms. The van der Waals surface area contributed by atoms with Gasteiger partial charge in [-0.15, -0.1) is 0 Å². The van der Waals surface area contributed by atoms with Crippen molar-refractivity contribution in [3.63, 3.8) is 0 Å². The summed E-state index contributed by atoms with van der Waals surface area (Å²) in [4.78, 5) is 2.17. The van der Waals surface area contributed by atoms with E-state index < -0.39 is 0 Å². The van der Waals surface area contributed by atoms with Gasteiger partial charge in [0.05, 0.1) is 12.9 Å². The molecule has 0 N–H and O–H groups in total. The number of furan rings is 1. The SMILES string of the molecule is CN(c1ccc2c(c1)OCCC2)c1ccc2occc2c1. The lowest BCUT2D eigenvalue weighted by molar-refractivity contribution is 0.288. The van der Waals surface area contributed by atoms with Crippen LogP contribution in [0.15, 0.2) is 53.1 Å². The van der Waals surface area contributed by atoms with Crippen molar-refractivity contribution in [1.29, 1.82) is 0 Å². The standard InChI is InChI=1S/C18H17NO2/c1-19(15-6-7-17-14(11-15)8-10-21-17)16-5-4-13-3-2-9-20-18(13)12-16/h4-8,10-12H,2-3,9H2,1H3. The Labute approximate surface area is 123 Å². The van der Waals surface area contributed by atoms with E-state index in [1.807, 2.05) is 12.1 Å². The molecule has 0 amide bonds. The topological polar surface area (TPSA) is 25.6 Å². The van der Waals surface area contributed by atoms with Crippen molar-refractivity contribution in [3.05, 3.63) is 54.3 Å². The number of fused-ring (bicyclic) bond motifs is 2. The average Bonchev–Trinajstić information content (AvgIpc) is 3.01. The molecular formula is C18H17NO2. The van der Waals surface area contributed by atoms with Gasteiger partial charge in [-0.1, -0.05) is 6.07 Å². The molecule has 1 aliphatic heterocycles. The van der Waals surface area contributed by atoms with Crippen molar-refractivity contribution in [2.45, 2.75) is 12.8 Å². The summed E-state index contributed by atoms with van der Waals surface area (Å²) in [6.07, 6.45) is 3.95. The molecule has 106 valence electrons. The monoisotopic (exact) mass is 279 g/mol. The van der Waals surface area contributed by atoms with Crippen molar-refractivity contribution in [2.75, 3.05) is 18.6 Å². The van der Waals surface area contributed by atoms with Crippen LogP contribution >= 0.6 is 0 Å². The Morgan fingerprint density at radius 1 is 1.00 bits per heavy atom. The molecule has 0 atom stereocenters. The van der Waals surface area contributed by atoms with Gasteiger partial charge in [-0.05, 0) is 48.7 Å². The molecular weight excluding hydrogens is 262 g/mol. The molecule has 2 aromatic carbocycles. The third kappa shape index (κ3) is 2.15. The fraction of sp³-hybridized carbons (Fsp3) is 0.222. The van der Waals surface area contributed by atoms with Gasteiger partial charge in [0, 0.05) is 29.9 Å². The van der Waals surface area contributed by atoms with Crippen LogP contribution in [0.25, 0.3) is 11.0 Å². The molecule has 0 unspecified atom stereocenters. The molecule has 0 saturated carbocycles. The summed E-state index contributed by atoms with van der Waals surface area (Å²) in [6.45, 7) is 0.821. The van der Waals surface area contributed by atoms with Crippen LogP contribution in [-0.2, 0) is 6.42 Å². The van der Waals surface area contributed by atoms with Crippen LogP contribution in [-0.4, -0.2) is 13.7 Å². The van der Waals surface area contributed by atoms with Crippen molar-refractivity contribution in [2.24, 2.45) is 0 Å². The summed E-state index contributed by atoms with van der Waals surface area (Å²) < 4.78 is 11.2. The molecule has 3 heteroatoms. The first-order valence-electron chi connectivity index (χ1n) is 7.28. The quantitative estimate of drug-likeness (QED) is 0.689. The Morgan fingerprint density at radius 3 is 2.81 bits per heavy atom. The van der Waals surface area contributed by atoms with Crippen LogP contribution in [0.1, 0.15) is 12.0 Å². The fourth-order valence-corrected chi connectivity index (χ4v) is 2.85. The number of nitrogens with zero attached hydrogens (tertiary/aromatic N) is 1. The number of hydrogen-bond acceptors (Lipinski definition) is 3. The molecule has 1 aromatic heterocycles. The van der Waals surface area contributed by atoms with Crippen molar-refractivity contribution >= 4 is 22.3 Å². The van der Waals surface area contributed by atoms with Crippen molar-refractivity contribution < 1.29 is 9.15 Å². The molecule has 3 nitrogen and oxygen atoms in total. The minimum Gasteiger partial charge on any atom is -0.493 e. The first-order chi connectivity index (χ1) is 10.3. The zero-order chi connectivity index (χ0) is 14.2. The Bertz CT molecular complexity index is 791. The third-order valence-electron chi connectivity index (χ3n) is 4.11. The zero-order valence-corrected chi connectivity index (χ0v) is 12.0. The summed E-state index contributed by atoms with van der Waals surface area (Å²) >= 11 is 0. The lowest BCUT2D eigenvalue weighted by Crippen LogP contribution is -2.12. The van der Waals surface area contributed by atoms with Crippen LogP contribution in [0.3, 0.4) is 0 Å². The Morgan fingerprint density at radius 2 is 1.86 bits per heavy atom. The molecule has 0 bridgehead atoms. The van der Waals surface area contributed by atoms with E-state index in [1.54, 1.807) is 6.26 Å². The van der Waals surface area contributed by atoms with E-state index >= 15 is 0 Å². The number of aryl methyl sites for hydroxylation is 1. The van der Waals surface area contributed by atoms with Gasteiger partial charge < -0.3 is 14.1 Å².